The summed E-state index contributed by atoms with van der Waals surface area (Å²) in [5.74, 6) is 0.419. The molecule has 1 aromatic heterocycles. The van der Waals surface area contributed by atoms with Crippen molar-refractivity contribution in [2.24, 2.45) is 0 Å². The van der Waals surface area contributed by atoms with E-state index in [1.165, 1.54) is 19.4 Å². The SMILES string of the molecule is CCNc1ncc(S(=O)(=O)NC)cn1. The van der Waals surface area contributed by atoms with Crippen molar-refractivity contribution in [1.82, 2.24) is 14.7 Å². The van der Waals surface area contributed by atoms with Crippen LogP contribution in [0.5, 0.6) is 0 Å². The van der Waals surface area contributed by atoms with Gasteiger partial charge in [0.1, 0.15) is 4.90 Å². The maximum Gasteiger partial charge on any atom is 0.243 e. The van der Waals surface area contributed by atoms with Crippen molar-refractivity contribution < 1.29 is 8.42 Å². The van der Waals surface area contributed by atoms with Crippen LogP contribution in [0.3, 0.4) is 0 Å². The molecule has 0 radical (unpaired) electrons. The zero-order valence-electron chi connectivity index (χ0n) is 7.98. The summed E-state index contributed by atoms with van der Waals surface area (Å²) in [6.07, 6.45) is 2.52. The standard InChI is InChI=1S/C7H12N4O2S/c1-3-9-7-10-4-6(5-11-7)14(12,13)8-2/h4-5,8H,3H2,1-2H3,(H,9,10,11). The molecule has 0 aromatic carbocycles. The summed E-state index contributed by atoms with van der Waals surface area (Å²) in [6.45, 7) is 2.60. The lowest BCUT2D eigenvalue weighted by atomic mass is 10.6. The van der Waals surface area contributed by atoms with Crippen LogP contribution in [0.2, 0.25) is 0 Å². The van der Waals surface area contributed by atoms with Crippen molar-refractivity contribution in [1.29, 1.82) is 0 Å². The lowest BCUT2D eigenvalue weighted by Crippen LogP contribution is -2.19. The molecule has 14 heavy (non-hydrogen) atoms. The molecule has 0 saturated carbocycles. The molecule has 0 aliphatic carbocycles. The molecular formula is C7H12N4O2S. The fraction of sp³-hybridized carbons (Fsp3) is 0.429. The minimum Gasteiger partial charge on any atom is -0.355 e. The lowest BCUT2D eigenvalue weighted by Gasteiger charge is -2.03. The Labute approximate surface area is 82.8 Å². The van der Waals surface area contributed by atoms with Crippen molar-refractivity contribution in [2.75, 3.05) is 18.9 Å². The summed E-state index contributed by atoms with van der Waals surface area (Å²) >= 11 is 0. The summed E-state index contributed by atoms with van der Waals surface area (Å²) in [7, 11) is -2.09. The molecule has 7 heteroatoms. The van der Waals surface area contributed by atoms with Gasteiger partial charge in [-0.15, -0.1) is 0 Å². The Morgan fingerprint density at radius 3 is 2.36 bits per heavy atom. The Bertz CT molecular complexity index is 387. The van der Waals surface area contributed by atoms with Gasteiger partial charge in [0.05, 0.1) is 12.4 Å². The van der Waals surface area contributed by atoms with Gasteiger partial charge in [0.25, 0.3) is 0 Å². The Morgan fingerprint density at radius 2 is 1.93 bits per heavy atom. The van der Waals surface area contributed by atoms with Gasteiger partial charge < -0.3 is 5.32 Å². The van der Waals surface area contributed by atoms with Crippen LogP contribution < -0.4 is 10.0 Å². The van der Waals surface area contributed by atoms with Gasteiger partial charge in [-0.2, -0.15) is 0 Å². The maximum absolute atomic E-state index is 11.3. The number of hydrogen-bond donors (Lipinski definition) is 2. The smallest absolute Gasteiger partial charge is 0.243 e. The van der Waals surface area contributed by atoms with Gasteiger partial charge in [-0.1, -0.05) is 0 Å². The maximum atomic E-state index is 11.3. The monoisotopic (exact) mass is 216 g/mol. The molecule has 0 fully saturated rings. The van der Waals surface area contributed by atoms with E-state index in [1.807, 2.05) is 6.92 Å². The molecule has 0 saturated heterocycles. The highest BCUT2D eigenvalue weighted by atomic mass is 32.2. The average molecular weight is 216 g/mol. The van der Waals surface area contributed by atoms with E-state index >= 15 is 0 Å². The normalized spacial score (nSPS) is 11.3. The highest BCUT2D eigenvalue weighted by molar-refractivity contribution is 7.89. The molecular weight excluding hydrogens is 204 g/mol. The molecule has 1 heterocycles. The summed E-state index contributed by atoms with van der Waals surface area (Å²) in [5, 5.41) is 2.87. The van der Waals surface area contributed by atoms with Crippen molar-refractivity contribution in [3.05, 3.63) is 12.4 Å². The lowest BCUT2D eigenvalue weighted by molar-refractivity contribution is 0.587. The first kappa shape index (κ1) is 10.9. The van der Waals surface area contributed by atoms with Gasteiger partial charge in [-0.3, -0.25) is 0 Å². The van der Waals surface area contributed by atoms with E-state index in [0.29, 0.717) is 12.5 Å². The molecule has 78 valence electrons. The second-order valence-electron chi connectivity index (χ2n) is 2.48. The van der Waals surface area contributed by atoms with E-state index < -0.39 is 10.0 Å². The molecule has 0 amide bonds. The molecule has 0 unspecified atom stereocenters. The summed E-state index contributed by atoms with van der Waals surface area (Å²) in [6, 6.07) is 0. The zero-order chi connectivity index (χ0) is 10.6. The van der Waals surface area contributed by atoms with Gasteiger partial charge in [-0.25, -0.2) is 23.1 Å². The molecule has 0 spiro atoms. The van der Waals surface area contributed by atoms with E-state index in [4.69, 9.17) is 0 Å². The molecule has 0 aliphatic rings. The van der Waals surface area contributed by atoms with Gasteiger partial charge in [0.15, 0.2) is 0 Å². The Balaban J connectivity index is 2.94. The highest BCUT2D eigenvalue weighted by Crippen LogP contribution is 2.05. The Hall–Kier alpha value is -1.21. The number of anilines is 1. The summed E-state index contributed by atoms with van der Waals surface area (Å²) in [5.41, 5.74) is 0. The summed E-state index contributed by atoms with van der Waals surface area (Å²) < 4.78 is 24.7. The van der Waals surface area contributed by atoms with Crippen LogP contribution in [0.15, 0.2) is 17.3 Å². The van der Waals surface area contributed by atoms with Crippen LogP contribution in [-0.4, -0.2) is 32.0 Å². The number of hydrogen-bond acceptors (Lipinski definition) is 5. The number of nitrogens with one attached hydrogen (secondary N) is 2. The van der Waals surface area contributed by atoms with E-state index in [9.17, 15) is 8.42 Å². The van der Waals surface area contributed by atoms with E-state index in [2.05, 4.69) is 20.0 Å². The quantitative estimate of drug-likeness (QED) is 0.729. The first-order chi connectivity index (χ1) is 6.60. The minimum atomic E-state index is -3.43. The predicted molar refractivity (Wildman–Crippen MR) is 52.4 cm³/mol. The van der Waals surface area contributed by atoms with Gasteiger partial charge in [0.2, 0.25) is 16.0 Å². The first-order valence-corrected chi connectivity index (χ1v) is 5.58. The average Bonchev–Trinajstić information content (AvgIpc) is 2.19. The van der Waals surface area contributed by atoms with Gasteiger partial charge in [-0.05, 0) is 14.0 Å². The van der Waals surface area contributed by atoms with E-state index in [-0.39, 0.29) is 4.90 Å². The first-order valence-electron chi connectivity index (χ1n) is 4.09. The van der Waals surface area contributed by atoms with Crippen LogP contribution in [0, 0.1) is 0 Å². The number of sulfonamides is 1. The highest BCUT2D eigenvalue weighted by Gasteiger charge is 2.11. The molecule has 0 bridgehead atoms. The zero-order valence-corrected chi connectivity index (χ0v) is 8.80. The van der Waals surface area contributed by atoms with Crippen molar-refractivity contribution in [3.8, 4) is 0 Å². The van der Waals surface area contributed by atoms with Crippen LogP contribution in [0.1, 0.15) is 6.92 Å². The largest absolute Gasteiger partial charge is 0.355 e. The van der Waals surface area contributed by atoms with Crippen LogP contribution >= 0.6 is 0 Å². The van der Waals surface area contributed by atoms with Crippen molar-refractivity contribution >= 4 is 16.0 Å². The third-order valence-electron chi connectivity index (χ3n) is 1.54. The van der Waals surface area contributed by atoms with Crippen LogP contribution in [-0.2, 0) is 10.0 Å². The topological polar surface area (TPSA) is 84.0 Å². The molecule has 0 aliphatic heterocycles. The van der Waals surface area contributed by atoms with Crippen LogP contribution in [0.4, 0.5) is 5.95 Å². The minimum absolute atomic E-state index is 0.0571. The van der Waals surface area contributed by atoms with E-state index in [0.717, 1.165) is 0 Å². The second kappa shape index (κ2) is 4.34. The summed E-state index contributed by atoms with van der Waals surface area (Å²) in [4.78, 5) is 7.74. The molecule has 1 aromatic rings. The molecule has 1 rings (SSSR count). The molecule has 2 N–H and O–H groups in total. The molecule has 0 atom stereocenters. The van der Waals surface area contributed by atoms with Gasteiger partial charge in [0, 0.05) is 6.54 Å². The van der Waals surface area contributed by atoms with Gasteiger partial charge >= 0.3 is 0 Å². The van der Waals surface area contributed by atoms with Crippen LogP contribution in [0.25, 0.3) is 0 Å². The number of rotatable bonds is 4. The third-order valence-corrected chi connectivity index (χ3v) is 2.91. The number of nitrogens with zero attached hydrogens (tertiary/aromatic N) is 2. The number of aromatic nitrogens is 2. The molecule has 6 nitrogen and oxygen atoms in total. The van der Waals surface area contributed by atoms with Crippen molar-refractivity contribution in [3.63, 3.8) is 0 Å². The third kappa shape index (κ3) is 2.39. The van der Waals surface area contributed by atoms with E-state index in [1.54, 1.807) is 0 Å². The Kier molecular flexibility index (Phi) is 3.37. The Morgan fingerprint density at radius 1 is 1.36 bits per heavy atom. The second-order valence-corrected chi connectivity index (χ2v) is 4.37. The predicted octanol–water partition coefficient (Wildman–Crippen LogP) is -0.184. The fourth-order valence-corrected chi connectivity index (χ4v) is 1.44. The van der Waals surface area contributed by atoms with Crippen molar-refractivity contribution in [2.45, 2.75) is 11.8 Å². The fourth-order valence-electron chi connectivity index (χ4n) is 0.822.